The molecule has 0 spiro atoms. The highest BCUT2D eigenvalue weighted by molar-refractivity contribution is 5.97. The molecule has 0 radical (unpaired) electrons. The molecule has 1 aromatic rings. The van der Waals surface area contributed by atoms with Crippen LogP contribution in [-0.4, -0.2) is 12.5 Å². The number of carbonyl (C=O) groups excluding carboxylic acids is 1. The largest absolute Gasteiger partial charge is 0.352 e. The maximum Gasteiger partial charge on any atom is 0.247 e. The van der Waals surface area contributed by atoms with Gasteiger partial charge in [0.2, 0.25) is 5.91 Å². The summed E-state index contributed by atoms with van der Waals surface area (Å²) in [6.45, 7) is 7.02. The average Bonchev–Trinajstić information content (AvgIpc) is 2.36. The smallest absolute Gasteiger partial charge is 0.247 e. The van der Waals surface area contributed by atoms with E-state index < -0.39 is 0 Å². The zero-order chi connectivity index (χ0) is 13.4. The second-order valence-corrected chi connectivity index (χ2v) is 4.93. The third kappa shape index (κ3) is 5.17. The Labute approximate surface area is 110 Å². The first kappa shape index (κ1) is 14.5. The van der Waals surface area contributed by atoms with Crippen molar-refractivity contribution < 1.29 is 4.79 Å². The van der Waals surface area contributed by atoms with Crippen LogP contribution in [0.25, 0.3) is 6.08 Å². The van der Waals surface area contributed by atoms with Crippen LogP contribution in [0.4, 0.5) is 0 Å². The minimum absolute atomic E-state index is 0.0643. The monoisotopic (exact) mass is 245 g/mol. The van der Waals surface area contributed by atoms with Crippen LogP contribution in [0, 0.1) is 5.92 Å². The third-order valence-corrected chi connectivity index (χ3v) is 2.62. The van der Waals surface area contributed by atoms with Gasteiger partial charge in [0.25, 0.3) is 0 Å². The molecular weight excluding hydrogens is 222 g/mol. The summed E-state index contributed by atoms with van der Waals surface area (Å²) >= 11 is 0. The molecule has 0 bridgehead atoms. The van der Waals surface area contributed by atoms with Crippen molar-refractivity contribution in [2.24, 2.45) is 5.92 Å². The highest BCUT2D eigenvalue weighted by Crippen LogP contribution is 2.12. The molecule has 2 nitrogen and oxygen atoms in total. The molecule has 1 N–H and O–H groups in total. The first-order chi connectivity index (χ1) is 8.63. The van der Waals surface area contributed by atoms with Crippen molar-refractivity contribution in [3.05, 3.63) is 41.5 Å². The van der Waals surface area contributed by atoms with Crippen molar-refractivity contribution in [2.75, 3.05) is 6.54 Å². The minimum Gasteiger partial charge on any atom is -0.352 e. The highest BCUT2D eigenvalue weighted by atomic mass is 16.1. The summed E-state index contributed by atoms with van der Waals surface area (Å²) in [6, 6.07) is 10.00. The fourth-order valence-electron chi connectivity index (χ4n) is 1.68. The zero-order valence-corrected chi connectivity index (χ0v) is 11.6. The van der Waals surface area contributed by atoms with Crippen LogP contribution < -0.4 is 5.32 Å². The number of rotatable bonds is 6. The van der Waals surface area contributed by atoms with E-state index in [1.807, 2.05) is 36.4 Å². The van der Waals surface area contributed by atoms with Gasteiger partial charge < -0.3 is 5.32 Å². The Bertz CT molecular complexity index is 393. The van der Waals surface area contributed by atoms with Gasteiger partial charge in [-0.1, -0.05) is 57.5 Å². The van der Waals surface area contributed by atoms with Crippen LogP contribution in [0.2, 0.25) is 0 Å². The number of carbonyl (C=O) groups is 1. The van der Waals surface area contributed by atoms with E-state index in [0.29, 0.717) is 5.92 Å². The highest BCUT2D eigenvalue weighted by Gasteiger charge is 2.08. The lowest BCUT2D eigenvalue weighted by Crippen LogP contribution is -2.28. The molecule has 98 valence electrons. The standard InChI is InChI=1S/C16H23NO/c1-4-8-15(16(18)17-12-13(2)3)11-14-9-6-5-7-10-14/h5-7,9-11,13H,4,8,12H2,1-3H3,(H,17,18)/b15-11-. The number of hydrogen-bond acceptors (Lipinski definition) is 1. The molecule has 0 aliphatic rings. The van der Waals surface area contributed by atoms with Gasteiger partial charge in [0.05, 0.1) is 0 Å². The van der Waals surface area contributed by atoms with Crippen LogP contribution in [0.1, 0.15) is 39.2 Å². The predicted octanol–water partition coefficient (Wildman–Crippen LogP) is 3.64. The molecule has 1 amide bonds. The molecule has 0 aromatic heterocycles. The van der Waals surface area contributed by atoms with E-state index >= 15 is 0 Å². The first-order valence-corrected chi connectivity index (χ1v) is 6.67. The number of benzene rings is 1. The van der Waals surface area contributed by atoms with E-state index in [1.165, 1.54) is 0 Å². The molecule has 0 aliphatic heterocycles. The third-order valence-electron chi connectivity index (χ3n) is 2.62. The molecule has 0 heterocycles. The van der Waals surface area contributed by atoms with Gasteiger partial charge >= 0.3 is 0 Å². The van der Waals surface area contributed by atoms with Gasteiger partial charge in [-0.15, -0.1) is 0 Å². The van der Waals surface area contributed by atoms with E-state index in [1.54, 1.807) is 0 Å². The Balaban J connectivity index is 2.75. The molecular formula is C16H23NO. The van der Waals surface area contributed by atoms with E-state index in [2.05, 4.69) is 26.1 Å². The maximum atomic E-state index is 12.1. The molecule has 0 aliphatic carbocycles. The maximum absolute atomic E-state index is 12.1. The van der Waals surface area contributed by atoms with Crippen molar-refractivity contribution in [1.82, 2.24) is 5.32 Å². The van der Waals surface area contributed by atoms with Gasteiger partial charge in [-0.2, -0.15) is 0 Å². The van der Waals surface area contributed by atoms with E-state index in [0.717, 1.165) is 30.5 Å². The lowest BCUT2D eigenvalue weighted by atomic mass is 10.1. The van der Waals surface area contributed by atoms with E-state index in [-0.39, 0.29) is 5.91 Å². The SMILES string of the molecule is CCC/C(=C/c1ccccc1)C(=O)NCC(C)C. The summed E-state index contributed by atoms with van der Waals surface area (Å²) < 4.78 is 0. The summed E-state index contributed by atoms with van der Waals surface area (Å²) in [5.74, 6) is 0.544. The number of amides is 1. The number of nitrogens with one attached hydrogen (secondary N) is 1. The topological polar surface area (TPSA) is 29.1 Å². The lowest BCUT2D eigenvalue weighted by Gasteiger charge is -2.10. The summed E-state index contributed by atoms with van der Waals surface area (Å²) in [7, 11) is 0. The van der Waals surface area contributed by atoms with Crippen LogP contribution in [-0.2, 0) is 4.79 Å². The molecule has 0 saturated heterocycles. The quantitative estimate of drug-likeness (QED) is 0.762. The molecule has 0 unspecified atom stereocenters. The van der Waals surface area contributed by atoms with Crippen molar-refractivity contribution in [1.29, 1.82) is 0 Å². The summed E-state index contributed by atoms with van der Waals surface area (Å²) in [4.78, 5) is 12.1. The molecule has 18 heavy (non-hydrogen) atoms. The molecule has 1 aromatic carbocycles. The molecule has 0 fully saturated rings. The van der Waals surface area contributed by atoms with Gasteiger partial charge in [0, 0.05) is 12.1 Å². The van der Waals surface area contributed by atoms with Crippen molar-refractivity contribution >= 4 is 12.0 Å². The Morgan fingerprint density at radius 2 is 1.94 bits per heavy atom. The minimum atomic E-state index is 0.0643. The Hall–Kier alpha value is -1.57. The molecule has 0 atom stereocenters. The summed E-state index contributed by atoms with van der Waals surface area (Å²) in [5, 5.41) is 2.98. The van der Waals surface area contributed by atoms with Crippen LogP contribution >= 0.6 is 0 Å². The van der Waals surface area contributed by atoms with Crippen LogP contribution in [0.3, 0.4) is 0 Å². The fraction of sp³-hybridized carbons (Fsp3) is 0.438. The Morgan fingerprint density at radius 3 is 2.50 bits per heavy atom. The van der Waals surface area contributed by atoms with Crippen LogP contribution in [0.15, 0.2) is 35.9 Å². The lowest BCUT2D eigenvalue weighted by molar-refractivity contribution is -0.117. The van der Waals surface area contributed by atoms with E-state index in [4.69, 9.17) is 0 Å². The molecule has 2 heteroatoms. The molecule has 1 rings (SSSR count). The van der Waals surface area contributed by atoms with Crippen molar-refractivity contribution in [3.63, 3.8) is 0 Å². The molecule has 0 saturated carbocycles. The van der Waals surface area contributed by atoms with Crippen molar-refractivity contribution in [2.45, 2.75) is 33.6 Å². The van der Waals surface area contributed by atoms with Gasteiger partial charge in [0.15, 0.2) is 0 Å². The normalized spacial score (nSPS) is 11.7. The van der Waals surface area contributed by atoms with Gasteiger partial charge in [0.1, 0.15) is 0 Å². The second-order valence-electron chi connectivity index (χ2n) is 4.93. The van der Waals surface area contributed by atoms with Gasteiger partial charge in [-0.05, 0) is 24.0 Å². The summed E-state index contributed by atoms with van der Waals surface area (Å²) in [6.07, 6.45) is 3.78. The average molecular weight is 245 g/mol. The van der Waals surface area contributed by atoms with E-state index in [9.17, 15) is 4.79 Å². The van der Waals surface area contributed by atoms with Gasteiger partial charge in [-0.25, -0.2) is 0 Å². The number of hydrogen-bond donors (Lipinski definition) is 1. The summed E-state index contributed by atoms with van der Waals surface area (Å²) in [5.41, 5.74) is 1.95. The Morgan fingerprint density at radius 1 is 1.28 bits per heavy atom. The van der Waals surface area contributed by atoms with Crippen molar-refractivity contribution in [3.8, 4) is 0 Å². The van der Waals surface area contributed by atoms with Crippen LogP contribution in [0.5, 0.6) is 0 Å². The first-order valence-electron chi connectivity index (χ1n) is 6.67. The van der Waals surface area contributed by atoms with Gasteiger partial charge in [-0.3, -0.25) is 4.79 Å². The fourth-order valence-corrected chi connectivity index (χ4v) is 1.68. The zero-order valence-electron chi connectivity index (χ0n) is 11.6. The predicted molar refractivity (Wildman–Crippen MR) is 77.2 cm³/mol. The second kappa shape index (κ2) is 7.70. The Kier molecular flexibility index (Phi) is 6.20.